The van der Waals surface area contributed by atoms with Gasteiger partial charge in [-0.15, -0.1) is 0 Å². The summed E-state index contributed by atoms with van der Waals surface area (Å²) in [6, 6.07) is 14.5. The third-order valence-corrected chi connectivity index (χ3v) is 6.99. The second-order valence-electron chi connectivity index (χ2n) is 8.61. The predicted octanol–water partition coefficient (Wildman–Crippen LogP) is 5.71. The quantitative estimate of drug-likeness (QED) is 0.280. The molecule has 0 atom stereocenters. The van der Waals surface area contributed by atoms with Gasteiger partial charge in [0, 0.05) is 20.7 Å². The van der Waals surface area contributed by atoms with E-state index in [1.165, 1.54) is 6.08 Å². The highest BCUT2D eigenvalue weighted by molar-refractivity contribution is 9.10. The molecular formula is C28H23BrClN3O5. The Bertz CT molecular complexity index is 1520. The number of aryl methyl sites for hydroxylation is 1. The number of imide groups is 2. The fourth-order valence-corrected chi connectivity index (χ4v) is 4.40. The van der Waals surface area contributed by atoms with E-state index >= 15 is 0 Å². The van der Waals surface area contributed by atoms with Gasteiger partial charge >= 0.3 is 6.03 Å². The number of ether oxygens (including phenoxy) is 1. The first-order valence-corrected chi connectivity index (χ1v) is 12.7. The van der Waals surface area contributed by atoms with Gasteiger partial charge in [-0.2, -0.15) is 0 Å². The van der Waals surface area contributed by atoms with E-state index in [4.69, 9.17) is 16.3 Å². The normalized spacial score (nSPS) is 14.5. The van der Waals surface area contributed by atoms with Gasteiger partial charge in [0.15, 0.2) is 6.61 Å². The molecule has 0 radical (unpaired) electrons. The lowest BCUT2D eigenvalue weighted by Crippen LogP contribution is -2.54. The van der Waals surface area contributed by atoms with Crippen molar-refractivity contribution in [1.82, 2.24) is 5.32 Å². The molecule has 0 aromatic heterocycles. The fourth-order valence-electron chi connectivity index (χ4n) is 3.85. The molecule has 0 saturated carbocycles. The van der Waals surface area contributed by atoms with Crippen molar-refractivity contribution >= 4 is 68.7 Å². The van der Waals surface area contributed by atoms with Crippen LogP contribution >= 0.6 is 27.5 Å². The van der Waals surface area contributed by atoms with E-state index in [2.05, 4.69) is 26.6 Å². The van der Waals surface area contributed by atoms with Crippen molar-refractivity contribution in [2.75, 3.05) is 16.8 Å². The van der Waals surface area contributed by atoms with Gasteiger partial charge in [0.1, 0.15) is 11.3 Å². The number of carbonyl (C=O) groups is 4. The summed E-state index contributed by atoms with van der Waals surface area (Å²) >= 11 is 9.56. The standard InChI is InChI=1S/C28H23BrClN3O5/c1-15-6-4-8-22(16(15)2)31-25(34)14-38-24-11-10-19(29)12-18(24)13-20-26(35)32-28(37)33(27(20)36)23-9-5-7-21(30)17(23)3/h4-13H,14H2,1-3H3,(H,31,34)(H,32,35,37)/b20-13-. The van der Waals surface area contributed by atoms with Crippen molar-refractivity contribution in [2.24, 2.45) is 0 Å². The van der Waals surface area contributed by atoms with E-state index in [0.717, 1.165) is 16.0 Å². The number of halogens is 2. The minimum atomic E-state index is -0.878. The summed E-state index contributed by atoms with van der Waals surface area (Å²) in [6.07, 6.45) is 1.32. The van der Waals surface area contributed by atoms with Gasteiger partial charge in [-0.25, -0.2) is 9.69 Å². The molecule has 8 nitrogen and oxygen atoms in total. The molecule has 0 unspecified atom stereocenters. The first kappa shape index (κ1) is 27.1. The van der Waals surface area contributed by atoms with Gasteiger partial charge in [0.25, 0.3) is 17.7 Å². The van der Waals surface area contributed by atoms with Crippen LogP contribution in [0.2, 0.25) is 5.02 Å². The molecule has 4 rings (SSSR count). The van der Waals surface area contributed by atoms with Crippen LogP contribution in [0, 0.1) is 20.8 Å². The Morgan fingerprint density at radius 2 is 1.79 bits per heavy atom. The maximum absolute atomic E-state index is 13.4. The van der Waals surface area contributed by atoms with E-state index in [9.17, 15) is 19.2 Å². The molecule has 1 aliphatic heterocycles. The van der Waals surface area contributed by atoms with E-state index in [0.29, 0.717) is 26.3 Å². The largest absolute Gasteiger partial charge is 0.483 e. The summed E-state index contributed by atoms with van der Waals surface area (Å²) in [5, 5.41) is 5.39. The summed E-state index contributed by atoms with van der Waals surface area (Å²) < 4.78 is 6.41. The van der Waals surface area contributed by atoms with Gasteiger partial charge < -0.3 is 10.1 Å². The van der Waals surface area contributed by atoms with Crippen LogP contribution in [0.15, 0.2) is 64.6 Å². The molecule has 3 aromatic carbocycles. The van der Waals surface area contributed by atoms with Crippen LogP contribution in [0.5, 0.6) is 5.75 Å². The summed E-state index contributed by atoms with van der Waals surface area (Å²) in [4.78, 5) is 52.1. The number of amides is 5. The van der Waals surface area contributed by atoms with Gasteiger partial charge in [-0.3, -0.25) is 19.7 Å². The third-order valence-electron chi connectivity index (χ3n) is 6.09. The number of nitrogens with one attached hydrogen (secondary N) is 2. The average molecular weight is 597 g/mol. The number of barbiturate groups is 1. The molecule has 2 N–H and O–H groups in total. The summed E-state index contributed by atoms with van der Waals surface area (Å²) in [5.41, 5.74) is 3.51. The lowest BCUT2D eigenvalue weighted by Gasteiger charge is -2.27. The van der Waals surface area contributed by atoms with E-state index in [1.54, 1.807) is 49.4 Å². The SMILES string of the molecule is Cc1cccc(NC(=O)COc2ccc(Br)cc2/C=C2/C(=O)NC(=O)N(c3cccc(Cl)c3C)C2=O)c1C. The highest BCUT2D eigenvalue weighted by Gasteiger charge is 2.37. The number of nitrogens with zero attached hydrogens (tertiary/aromatic N) is 1. The number of benzene rings is 3. The van der Waals surface area contributed by atoms with Crippen molar-refractivity contribution in [2.45, 2.75) is 20.8 Å². The van der Waals surface area contributed by atoms with Crippen LogP contribution in [-0.2, 0) is 14.4 Å². The van der Waals surface area contributed by atoms with Gasteiger partial charge in [0.2, 0.25) is 0 Å². The second-order valence-corrected chi connectivity index (χ2v) is 9.93. The minimum Gasteiger partial charge on any atom is -0.483 e. The van der Waals surface area contributed by atoms with Crippen molar-refractivity contribution in [3.8, 4) is 5.75 Å². The number of urea groups is 1. The number of anilines is 2. The average Bonchev–Trinajstić information content (AvgIpc) is 2.86. The van der Waals surface area contributed by atoms with Crippen LogP contribution in [0.25, 0.3) is 6.08 Å². The van der Waals surface area contributed by atoms with Crippen molar-refractivity contribution < 1.29 is 23.9 Å². The molecule has 3 aromatic rings. The Kier molecular flexibility index (Phi) is 7.99. The highest BCUT2D eigenvalue weighted by atomic mass is 79.9. The molecule has 1 aliphatic rings. The Morgan fingerprint density at radius 3 is 2.55 bits per heavy atom. The zero-order valence-electron chi connectivity index (χ0n) is 20.7. The molecule has 1 fully saturated rings. The van der Waals surface area contributed by atoms with Crippen LogP contribution < -0.4 is 20.3 Å². The highest BCUT2D eigenvalue weighted by Crippen LogP contribution is 2.31. The fraction of sp³-hybridized carbons (Fsp3) is 0.143. The second kappa shape index (κ2) is 11.2. The first-order chi connectivity index (χ1) is 18.1. The summed E-state index contributed by atoms with van der Waals surface area (Å²) in [7, 11) is 0. The van der Waals surface area contributed by atoms with Crippen LogP contribution in [-0.4, -0.2) is 30.4 Å². The van der Waals surface area contributed by atoms with Gasteiger partial charge in [0.05, 0.1) is 5.69 Å². The zero-order chi connectivity index (χ0) is 27.6. The number of hydrogen-bond donors (Lipinski definition) is 2. The monoisotopic (exact) mass is 595 g/mol. The van der Waals surface area contributed by atoms with E-state index in [-0.39, 0.29) is 29.5 Å². The summed E-state index contributed by atoms with van der Waals surface area (Å²) in [6.45, 7) is 5.23. The molecular weight excluding hydrogens is 574 g/mol. The molecule has 38 heavy (non-hydrogen) atoms. The predicted molar refractivity (Wildman–Crippen MR) is 149 cm³/mol. The Labute approximate surface area is 232 Å². The van der Waals surface area contributed by atoms with Crippen molar-refractivity contribution in [1.29, 1.82) is 0 Å². The Morgan fingerprint density at radius 1 is 1.05 bits per heavy atom. The van der Waals surface area contributed by atoms with Gasteiger partial charge in [-0.1, -0.05) is 45.7 Å². The maximum atomic E-state index is 13.4. The lowest BCUT2D eigenvalue weighted by molar-refractivity contribution is -0.122. The molecule has 194 valence electrons. The smallest absolute Gasteiger partial charge is 0.335 e. The Balaban J connectivity index is 1.61. The maximum Gasteiger partial charge on any atom is 0.335 e. The zero-order valence-corrected chi connectivity index (χ0v) is 23.1. The molecule has 1 heterocycles. The van der Waals surface area contributed by atoms with Crippen molar-refractivity contribution in [3.63, 3.8) is 0 Å². The number of carbonyl (C=O) groups excluding carboxylic acids is 4. The molecule has 10 heteroatoms. The minimum absolute atomic E-state index is 0.257. The van der Waals surface area contributed by atoms with Crippen LogP contribution in [0.1, 0.15) is 22.3 Å². The van der Waals surface area contributed by atoms with Crippen LogP contribution in [0.4, 0.5) is 16.2 Å². The summed E-state index contributed by atoms with van der Waals surface area (Å²) in [5.74, 6) is -1.78. The van der Waals surface area contributed by atoms with E-state index in [1.807, 2.05) is 26.0 Å². The molecule has 1 saturated heterocycles. The third kappa shape index (κ3) is 5.64. The Hall–Kier alpha value is -3.95. The number of rotatable bonds is 6. The van der Waals surface area contributed by atoms with Gasteiger partial charge in [-0.05, 0) is 79.9 Å². The molecule has 0 bridgehead atoms. The molecule has 5 amide bonds. The van der Waals surface area contributed by atoms with Crippen LogP contribution in [0.3, 0.4) is 0 Å². The van der Waals surface area contributed by atoms with E-state index < -0.39 is 17.8 Å². The topological polar surface area (TPSA) is 105 Å². The lowest BCUT2D eigenvalue weighted by atomic mass is 10.0. The van der Waals surface area contributed by atoms with Crippen molar-refractivity contribution in [3.05, 3.63) is 91.9 Å². The first-order valence-electron chi connectivity index (χ1n) is 11.5. The molecule has 0 aliphatic carbocycles. The number of hydrogen-bond acceptors (Lipinski definition) is 5. The molecule has 0 spiro atoms.